The Hall–Kier alpha value is -2.33. The monoisotopic (exact) mass is 467 g/mol. The zero-order chi connectivity index (χ0) is 23.6. The fraction of sp³-hybridized carbons (Fsp3) is 0.636. The van der Waals surface area contributed by atoms with Gasteiger partial charge < -0.3 is 19.3 Å². The Morgan fingerprint density at radius 3 is 2.50 bits per heavy atom. The summed E-state index contributed by atoms with van der Waals surface area (Å²) < 4.78 is 37.4. The van der Waals surface area contributed by atoms with E-state index < -0.39 is 10.0 Å². The van der Waals surface area contributed by atoms with Crippen LogP contribution >= 0.6 is 0 Å². The van der Waals surface area contributed by atoms with Crippen molar-refractivity contribution in [3.8, 4) is 5.75 Å². The highest BCUT2D eigenvalue weighted by atomic mass is 32.2. The van der Waals surface area contributed by atoms with Crippen molar-refractivity contribution in [1.82, 2.24) is 9.80 Å². The van der Waals surface area contributed by atoms with Crippen molar-refractivity contribution in [1.29, 1.82) is 0 Å². The number of likely N-dealkylation sites (N-methyl/N-ethyl adjacent to an activating group) is 1. The van der Waals surface area contributed by atoms with Gasteiger partial charge in [-0.05, 0) is 31.9 Å². The molecule has 1 aromatic rings. The summed E-state index contributed by atoms with van der Waals surface area (Å²) in [5.41, 5.74) is 0.623. The lowest BCUT2D eigenvalue weighted by Crippen LogP contribution is -2.49. The SMILES string of the molecule is CO[C@@H]1CN(C)C(=O)c2ccc(NS(C)(=O)=O)cc2OC[C@H](C)N(C(=O)C2CC2)C[C@@H]1C. The Morgan fingerprint density at radius 1 is 1.22 bits per heavy atom. The van der Waals surface area contributed by atoms with Crippen LogP contribution in [0.25, 0.3) is 0 Å². The second-order valence-corrected chi connectivity index (χ2v) is 10.7. The molecular weight excluding hydrogens is 434 g/mol. The van der Waals surface area contributed by atoms with Gasteiger partial charge in [-0.25, -0.2) is 8.42 Å². The van der Waals surface area contributed by atoms with Gasteiger partial charge in [0.25, 0.3) is 5.91 Å². The number of amides is 2. The Bertz CT molecular complexity index is 962. The van der Waals surface area contributed by atoms with E-state index in [-0.39, 0.29) is 48.2 Å². The highest BCUT2D eigenvalue weighted by Gasteiger charge is 2.37. The number of sulfonamides is 1. The Morgan fingerprint density at radius 2 is 1.91 bits per heavy atom. The molecule has 10 heteroatoms. The van der Waals surface area contributed by atoms with E-state index in [2.05, 4.69) is 4.72 Å². The van der Waals surface area contributed by atoms with E-state index >= 15 is 0 Å². The average molecular weight is 468 g/mol. The molecule has 3 rings (SSSR count). The maximum atomic E-state index is 13.2. The second kappa shape index (κ2) is 9.66. The number of rotatable bonds is 4. The van der Waals surface area contributed by atoms with Crippen LogP contribution in [0.4, 0.5) is 5.69 Å². The molecule has 1 heterocycles. The normalized spacial score (nSPS) is 25.3. The summed E-state index contributed by atoms with van der Waals surface area (Å²) in [7, 11) is -0.186. The molecule has 2 aliphatic rings. The minimum atomic E-state index is -3.49. The number of ether oxygens (including phenoxy) is 2. The first-order chi connectivity index (χ1) is 15.0. The summed E-state index contributed by atoms with van der Waals surface area (Å²) in [6.07, 6.45) is 2.62. The molecule has 1 aliphatic heterocycles. The van der Waals surface area contributed by atoms with E-state index in [0.29, 0.717) is 24.3 Å². The van der Waals surface area contributed by atoms with Gasteiger partial charge in [-0.15, -0.1) is 0 Å². The minimum Gasteiger partial charge on any atom is -0.491 e. The van der Waals surface area contributed by atoms with Crippen molar-refractivity contribution >= 4 is 27.5 Å². The molecule has 1 saturated carbocycles. The summed E-state index contributed by atoms with van der Waals surface area (Å²) in [6.45, 7) is 4.97. The zero-order valence-electron chi connectivity index (χ0n) is 19.3. The van der Waals surface area contributed by atoms with Crippen molar-refractivity contribution in [2.45, 2.75) is 38.8 Å². The van der Waals surface area contributed by atoms with Gasteiger partial charge in [0.05, 0.1) is 29.7 Å². The number of carbonyl (C=O) groups is 2. The molecular formula is C22H33N3O6S. The topological polar surface area (TPSA) is 105 Å². The molecule has 0 radical (unpaired) electrons. The van der Waals surface area contributed by atoms with Crippen LogP contribution in [0.1, 0.15) is 37.0 Å². The Labute approximate surface area is 190 Å². The minimum absolute atomic E-state index is 0.0145. The number of nitrogens with one attached hydrogen (secondary N) is 1. The molecule has 1 aromatic carbocycles. The first-order valence-electron chi connectivity index (χ1n) is 10.8. The fourth-order valence-corrected chi connectivity index (χ4v) is 4.48. The lowest BCUT2D eigenvalue weighted by molar-refractivity contribution is -0.136. The summed E-state index contributed by atoms with van der Waals surface area (Å²) >= 11 is 0. The van der Waals surface area contributed by atoms with Gasteiger partial charge in [0.1, 0.15) is 12.4 Å². The average Bonchev–Trinajstić information content (AvgIpc) is 3.56. The highest BCUT2D eigenvalue weighted by molar-refractivity contribution is 7.92. The van der Waals surface area contributed by atoms with E-state index in [1.54, 1.807) is 25.1 Å². The van der Waals surface area contributed by atoms with Crippen molar-refractivity contribution in [2.75, 3.05) is 44.8 Å². The molecule has 0 saturated heterocycles. The van der Waals surface area contributed by atoms with E-state index in [1.165, 1.54) is 12.1 Å². The van der Waals surface area contributed by atoms with Gasteiger partial charge >= 0.3 is 0 Å². The van der Waals surface area contributed by atoms with Crippen LogP contribution in [0, 0.1) is 11.8 Å². The number of methoxy groups -OCH3 is 1. The van der Waals surface area contributed by atoms with E-state index in [9.17, 15) is 18.0 Å². The predicted octanol–water partition coefficient (Wildman–Crippen LogP) is 1.80. The van der Waals surface area contributed by atoms with E-state index in [1.807, 2.05) is 18.7 Å². The molecule has 1 N–H and O–H groups in total. The first-order valence-corrected chi connectivity index (χ1v) is 12.7. The maximum Gasteiger partial charge on any atom is 0.257 e. The van der Waals surface area contributed by atoms with Crippen LogP contribution in [0.3, 0.4) is 0 Å². The summed E-state index contributed by atoms with van der Waals surface area (Å²) in [4.78, 5) is 29.6. The Balaban J connectivity index is 1.97. The second-order valence-electron chi connectivity index (χ2n) is 8.95. The fourth-order valence-electron chi connectivity index (χ4n) is 3.92. The van der Waals surface area contributed by atoms with Gasteiger partial charge in [-0.3, -0.25) is 14.3 Å². The quantitative estimate of drug-likeness (QED) is 0.724. The molecule has 0 bridgehead atoms. The third-order valence-corrected chi connectivity index (χ3v) is 6.57. The molecule has 178 valence electrons. The van der Waals surface area contributed by atoms with Gasteiger partial charge in [0.15, 0.2) is 0 Å². The third-order valence-electron chi connectivity index (χ3n) is 5.96. The molecule has 0 unspecified atom stereocenters. The number of carbonyl (C=O) groups excluding carboxylic acids is 2. The van der Waals surface area contributed by atoms with Crippen molar-refractivity contribution in [2.24, 2.45) is 11.8 Å². The molecule has 9 nitrogen and oxygen atoms in total. The number of fused-ring (bicyclic) bond motifs is 1. The largest absolute Gasteiger partial charge is 0.491 e. The molecule has 2 amide bonds. The van der Waals surface area contributed by atoms with Gasteiger partial charge in [-0.1, -0.05) is 6.92 Å². The molecule has 32 heavy (non-hydrogen) atoms. The third kappa shape index (κ3) is 5.92. The summed E-state index contributed by atoms with van der Waals surface area (Å²) in [5, 5.41) is 0. The predicted molar refractivity (Wildman–Crippen MR) is 121 cm³/mol. The maximum absolute atomic E-state index is 13.2. The smallest absolute Gasteiger partial charge is 0.257 e. The number of benzene rings is 1. The molecule has 0 spiro atoms. The van der Waals surface area contributed by atoms with Crippen LogP contribution in [-0.2, 0) is 19.6 Å². The van der Waals surface area contributed by atoms with Crippen molar-refractivity contribution < 1.29 is 27.5 Å². The molecule has 0 aromatic heterocycles. The number of hydrogen-bond acceptors (Lipinski definition) is 6. The van der Waals surface area contributed by atoms with Crippen molar-refractivity contribution in [3.63, 3.8) is 0 Å². The summed E-state index contributed by atoms with van der Waals surface area (Å²) in [5.74, 6) is 0.223. The lowest BCUT2D eigenvalue weighted by atomic mass is 10.0. The zero-order valence-corrected chi connectivity index (χ0v) is 20.1. The number of nitrogens with zero attached hydrogens (tertiary/aromatic N) is 2. The molecule has 1 fully saturated rings. The standard InChI is InChI=1S/C22H33N3O6S/c1-14-11-25(21(26)16-6-7-16)15(2)13-31-19-10-17(23-32(5,28)29)8-9-18(19)22(27)24(3)12-20(14)30-4/h8-10,14-16,20,23H,6-7,11-13H2,1-5H3/t14-,15-,20+/m0/s1. The van der Waals surface area contributed by atoms with Crippen LogP contribution < -0.4 is 9.46 Å². The summed E-state index contributed by atoms with van der Waals surface area (Å²) in [6, 6.07) is 4.36. The van der Waals surface area contributed by atoms with Crippen LogP contribution in [0.5, 0.6) is 5.75 Å². The van der Waals surface area contributed by atoms with E-state index in [0.717, 1.165) is 19.1 Å². The first kappa shape index (κ1) is 24.3. The van der Waals surface area contributed by atoms with Gasteiger partial charge in [0.2, 0.25) is 15.9 Å². The van der Waals surface area contributed by atoms with Crippen LogP contribution in [0.15, 0.2) is 18.2 Å². The van der Waals surface area contributed by atoms with Crippen LogP contribution in [-0.4, -0.2) is 82.3 Å². The van der Waals surface area contributed by atoms with Gasteiger partial charge in [-0.2, -0.15) is 0 Å². The molecule has 3 atom stereocenters. The van der Waals surface area contributed by atoms with Crippen LogP contribution in [0.2, 0.25) is 0 Å². The Kier molecular flexibility index (Phi) is 7.34. The van der Waals surface area contributed by atoms with Crippen molar-refractivity contribution in [3.05, 3.63) is 23.8 Å². The highest BCUT2D eigenvalue weighted by Crippen LogP contribution is 2.33. The number of hydrogen-bond donors (Lipinski definition) is 1. The van der Waals surface area contributed by atoms with Gasteiger partial charge in [0, 0.05) is 45.1 Å². The lowest BCUT2D eigenvalue weighted by Gasteiger charge is -2.36. The van der Waals surface area contributed by atoms with E-state index in [4.69, 9.17) is 9.47 Å². The number of anilines is 1. The molecule has 1 aliphatic carbocycles.